The van der Waals surface area contributed by atoms with E-state index < -0.39 is 24.0 Å². The zero-order valence-corrected chi connectivity index (χ0v) is 12.9. The fraction of sp³-hybridized carbons (Fsp3) is 0.750. The second kappa shape index (κ2) is 9.46. The standard InChI is InChI=1S/C12H23N3O4S/c1-4-15(7-8(2)11(17)18)10(16)9(5-6-20-3)14-12(13)19/h8-9H,4-7H2,1-3H3,(H,17,18)(H3,13,14,19). The topological polar surface area (TPSA) is 113 Å². The lowest BCUT2D eigenvalue weighted by Gasteiger charge is -2.27. The molecule has 8 heteroatoms. The van der Waals surface area contributed by atoms with E-state index in [-0.39, 0.29) is 12.5 Å². The highest BCUT2D eigenvalue weighted by Crippen LogP contribution is 2.07. The molecule has 0 saturated carbocycles. The van der Waals surface area contributed by atoms with Crippen LogP contribution in [0.15, 0.2) is 0 Å². The number of aliphatic carboxylic acids is 1. The number of carbonyl (C=O) groups is 3. The van der Waals surface area contributed by atoms with Gasteiger partial charge in [0.1, 0.15) is 6.04 Å². The van der Waals surface area contributed by atoms with Crippen molar-refractivity contribution in [2.24, 2.45) is 11.7 Å². The van der Waals surface area contributed by atoms with Gasteiger partial charge in [-0.15, -0.1) is 0 Å². The van der Waals surface area contributed by atoms with Crippen LogP contribution in [0.3, 0.4) is 0 Å². The summed E-state index contributed by atoms with van der Waals surface area (Å²) in [6, 6.07) is -1.47. The zero-order chi connectivity index (χ0) is 15.7. The number of thioether (sulfide) groups is 1. The third-order valence-corrected chi connectivity index (χ3v) is 3.48. The maximum atomic E-state index is 12.3. The number of likely N-dealkylation sites (N-methyl/N-ethyl adjacent to an activating group) is 1. The summed E-state index contributed by atoms with van der Waals surface area (Å²) in [7, 11) is 0. The summed E-state index contributed by atoms with van der Waals surface area (Å²) in [4.78, 5) is 35.6. The van der Waals surface area contributed by atoms with Crippen molar-refractivity contribution in [2.75, 3.05) is 25.1 Å². The molecule has 116 valence electrons. The fourth-order valence-electron chi connectivity index (χ4n) is 1.67. The molecule has 0 fully saturated rings. The smallest absolute Gasteiger partial charge is 0.312 e. The molecule has 0 radical (unpaired) electrons. The molecule has 3 amide bonds. The predicted octanol–water partition coefficient (Wildman–Crippen LogP) is 0.346. The van der Waals surface area contributed by atoms with Crippen LogP contribution in [-0.2, 0) is 9.59 Å². The highest BCUT2D eigenvalue weighted by atomic mass is 32.2. The number of urea groups is 1. The van der Waals surface area contributed by atoms with Crippen LogP contribution in [-0.4, -0.2) is 59.1 Å². The van der Waals surface area contributed by atoms with Gasteiger partial charge >= 0.3 is 12.0 Å². The highest BCUT2D eigenvalue weighted by molar-refractivity contribution is 7.98. The van der Waals surface area contributed by atoms with Crippen LogP contribution < -0.4 is 11.1 Å². The van der Waals surface area contributed by atoms with Gasteiger partial charge in [0, 0.05) is 13.1 Å². The van der Waals surface area contributed by atoms with Crippen molar-refractivity contribution in [3.63, 3.8) is 0 Å². The Bertz CT molecular complexity index is 352. The molecule has 0 aliphatic heterocycles. The van der Waals surface area contributed by atoms with Crippen LogP contribution >= 0.6 is 11.8 Å². The van der Waals surface area contributed by atoms with E-state index >= 15 is 0 Å². The molecule has 0 aromatic heterocycles. The first-order valence-corrected chi connectivity index (χ1v) is 7.79. The number of amides is 3. The molecule has 20 heavy (non-hydrogen) atoms. The highest BCUT2D eigenvalue weighted by Gasteiger charge is 2.26. The molecule has 0 aromatic rings. The van der Waals surface area contributed by atoms with E-state index in [1.165, 1.54) is 11.8 Å². The number of rotatable bonds is 9. The molecule has 0 rings (SSSR count). The van der Waals surface area contributed by atoms with E-state index in [0.29, 0.717) is 18.7 Å². The van der Waals surface area contributed by atoms with Gasteiger partial charge in [-0.1, -0.05) is 6.92 Å². The number of carboxylic acids is 1. The summed E-state index contributed by atoms with van der Waals surface area (Å²) >= 11 is 1.56. The van der Waals surface area contributed by atoms with E-state index in [0.717, 1.165) is 0 Å². The first-order valence-electron chi connectivity index (χ1n) is 6.39. The second-order valence-corrected chi connectivity index (χ2v) is 5.44. The fourth-order valence-corrected chi connectivity index (χ4v) is 2.14. The van der Waals surface area contributed by atoms with Crippen molar-refractivity contribution >= 4 is 29.7 Å². The Kier molecular flexibility index (Phi) is 8.78. The van der Waals surface area contributed by atoms with Gasteiger partial charge in [-0.3, -0.25) is 9.59 Å². The molecular formula is C12H23N3O4S. The van der Waals surface area contributed by atoms with Gasteiger partial charge in [-0.25, -0.2) is 4.79 Å². The number of primary amides is 1. The normalized spacial score (nSPS) is 13.3. The third kappa shape index (κ3) is 6.65. The van der Waals surface area contributed by atoms with Crippen molar-refractivity contribution in [2.45, 2.75) is 26.3 Å². The van der Waals surface area contributed by atoms with Crippen LogP contribution in [0, 0.1) is 5.92 Å². The van der Waals surface area contributed by atoms with Crippen LogP contribution in [0.25, 0.3) is 0 Å². The van der Waals surface area contributed by atoms with E-state index in [4.69, 9.17) is 10.8 Å². The number of carboxylic acid groups (broad SMARTS) is 1. The monoisotopic (exact) mass is 305 g/mol. The Labute approximate surface area is 123 Å². The van der Waals surface area contributed by atoms with E-state index in [1.807, 2.05) is 6.26 Å². The number of nitrogens with zero attached hydrogens (tertiary/aromatic N) is 1. The lowest BCUT2D eigenvalue weighted by Crippen LogP contribution is -2.51. The summed E-state index contributed by atoms with van der Waals surface area (Å²) in [5.41, 5.74) is 5.07. The largest absolute Gasteiger partial charge is 0.481 e. The maximum absolute atomic E-state index is 12.3. The Hall–Kier alpha value is -1.44. The minimum absolute atomic E-state index is 0.112. The van der Waals surface area contributed by atoms with Gasteiger partial charge in [0.15, 0.2) is 0 Å². The average molecular weight is 305 g/mol. The first kappa shape index (κ1) is 18.6. The number of hydrogen-bond acceptors (Lipinski definition) is 4. The van der Waals surface area contributed by atoms with Gasteiger partial charge in [0.25, 0.3) is 0 Å². The molecule has 0 bridgehead atoms. The van der Waals surface area contributed by atoms with Crippen molar-refractivity contribution < 1.29 is 19.5 Å². The van der Waals surface area contributed by atoms with Crippen molar-refractivity contribution in [1.82, 2.24) is 10.2 Å². The molecule has 0 saturated heterocycles. The van der Waals surface area contributed by atoms with Gasteiger partial charge < -0.3 is 21.1 Å². The summed E-state index contributed by atoms with van der Waals surface area (Å²) in [5.74, 6) is -1.22. The number of carbonyl (C=O) groups excluding carboxylic acids is 2. The summed E-state index contributed by atoms with van der Waals surface area (Å²) in [5, 5.41) is 11.3. The Morgan fingerprint density at radius 1 is 1.40 bits per heavy atom. The molecule has 0 aliphatic carbocycles. The van der Waals surface area contributed by atoms with E-state index in [9.17, 15) is 14.4 Å². The van der Waals surface area contributed by atoms with E-state index in [1.54, 1.807) is 18.7 Å². The molecular weight excluding hydrogens is 282 g/mol. The molecule has 0 spiro atoms. The van der Waals surface area contributed by atoms with Gasteiger partial charge in [0.05, 0.1) is 5.92 Å². The SMILES string of the molecule is CCN(CC(C)C(=O)O)C(=O)C(CCSC)NC(N)=O. The van der Waals surface area contributed by atoms with Gasteiger partial charge in [-0.2, -0.15) is 11.8 Å². The van der Waals surface area contributed by atoms with E-state index in [2.05, 4.69) is 5.32 Å². The van der Waals surface area contributed by atoms with Gasteiger partial charge in [0.2, 0.25) is 5.91 Å². The Balaban J connectivity index is 4.79. The Morgan fingerprint density at radius 3 is 2.40 bits per heavy atom. The molecule has 0 heterocycles. The minimum atomic E-state index is -0.959. The molecule has 7 nitrogen and oxygen atoms in total. The van der Waals surface area contributed by atoms with Crippen molar-refractivity contribution in [3.8, 4) is 0 Å². The average Bonchev–Trinajstić information content (AvgIpc) is 2.39. The molecule has 0 aromatic carbocycles. The van der Waals surface area contributed by atoms with Crippen molar-refractivity contribution in [1.29, 1.82) is 0 Å². The quantitative estimate of drug-likeness (QED) is 0.569. The van der Waals surface area contributed by atoms with Crippen LogP contribution in [0.1, 0.15) is 20.3 Å². The third-order valence-electron chi connectivity index (χ3n) is 2.83. The van der Waals surface area contributed by atoms with Crippen LogP contribution in [0.5, 0.6) is 0 Å². The maximum Gasteiger partial charge on any atom is 0.312 e. The Morgan fingerprint density at radius 2 is 2.00 bits per heavy atom. The van der Waals surface area contributed by atoms with Crippen LogP contribution in [0.2, 0.25) is 0 Å². The molecule has 2 atom stereocenters. The first-order chi connectivity index (χ1) is 9.33. The summed E-state index contributed by atoms with van der Waals surface area (Å²) in [6.07, 6.45) is 2.36. The molecule has 4 N–H and O–H groups in total. The molecule has 2 unspecified atom stereocenters. The summed E-state index contributed by atoms with van der Waals surface area (Å²) < 4.78 is 0. The second-order valence-electron chi connectivity index (χ2n) is 4.46. The number of nitrogens with two attached hydrogens (primary N) is 1. The molecule has 0 aliphatic rings. The predicted molar refractivity (Wildman–Crippen MR) is 78.6 cm³/mol. The van der Waals surface area contributed by atoms with Gasteiger partial charge in [-0.05, 0) is 25.4 Å². The zero-order valence-electron chi connectivity index (χ0n) is 12.1. The number of nitrogens with one attached hydrogen (secondary N) is 1. The van der Waals surface area contributed by atoms with Crippen molar-refractivity contribution in [3.05, 3.63) is 0 Å². The lowest BCUT2D eigenvalue weighted by atomic mass is 10.1. The van der Waals surface area contributed by atoms with Crippen LogP contribution in [0.4, 0.5) is 4.79 Å². The minimum Gasteiger partial charge on any atom is -0.481 e. The number of hydrogen-bond donors (Lipinski definition) is 3. The lowest BCUT2D eigenvalue weighted by molar-refractivity contribution is -0.143. The summed E-state index contributed by atoms with van der Waals surface area (Å²) in [6.45, 7) is 3.80.